The highest BCUT2D eigenvalue weighted by molar-refractivity contribution is 6.30. The molecule has 2 aromatic carbocycles. The molecule has 0 saturated heterocycles. The second-order valence-electron chi connectivity index (χ2n) is 7.94. The van der Waals surface area contributed by atoms with Gasteiger partial charge in [0.2, 0.25) is 5.89 Å². The van der Waals surface area contributed by atoms with E-state index in [4.69, 9.17) is 20.8 Å². The van der Waals surface area contributed by atoms with Crippen molar-refractivity contribution in [3.63, 3.8) is 0 Å². The Morgan fingerprint density at radius 2 is 1.86 bits per heavy atom. The summed E-state index contributed by atoms with van der Waals surface area (Å²) in [5.74, 6) is -1.52. The van der Waals surface area contributed by atoms with Crippen molar-refractivity contribution < 1.29 is 32.2 Å². The lowest BCUT2D eigenvalue weighted by atomic mass is 10.1. The number of aromatic nitrogens is 2. The first-order valence-corrected chi connectivity index (χ1v) is 11.5. The number of rotatable bonds is 11. The average Bonchev–Trinajstić information content (AvgIpc) is 3.18. The van der Waals surface area contributed by atoms with E-state index in [9.17, 15) is 27.9 Å². The summed E-state index contributed by atoms with van der Waals surface area (Å²) in [5.41, 5.74) is -0.137. The Morgan fingerprint density at radius 3 is 2.44 bits per heavy atom. The zero-order valence-corrected chi connectivity index (χ0v) is 20.3. The second-order valence-corrected chi connectivity index (χ2v) is 8.38. The molecule has 0 aliphatic carbocycles. The highest BCUT2D eigenvalue weighted by Crippen LogP contribution is 2.30. The Morgan fingerprint density at radius 1 is 1.19 bits per heavy atom. The van der Waals surface area contributed by atoms with Crippen LogP contribution in [0.25, 0.3) is 11.5 Å². The summed E-state index contributed by atoms with van der Waals surface area (Å²) in [6.45, 7) is 5.15. The van der Waals surface area contributed by atoms with Crippen molar-refractivity contribution in [2.45, 2.75) is 39.0 Å². The predicted octanol–water partition coefficient (Wildman–Crippen LogP) is 4.79. The molecule has 0 spiro atoms. The number of aliphatic carboxylic acids is 1. The maximum Gasteiger partial charge on any atom is 0.437 e. The Kier molecular flexibility index (Phi) is 8.80. The number of hydrogen-bond donors (Lipinski definition) is 1. The molecule has 0 saturated carbocycles. The van der Waals surface area contributed by atoms with Gasteiger partial charge in [0.05, 0.1) is 24.6 Å². The van der Waals surface area contributed by atoms with Crippen LogP contribution >= 0.6 is 11.6 Å². The van der Waals surface area contributed by atoms with Gasteiger partial charge in [-0.1, -0.05) is 25.4 Å². The molecule has 1 heterocycles. The van der Waals surface area contributed by atoms with E-state index in [0.29, 0.717) is 29.4 Å². The van der Waals surface area contributed by atoms with Crippen LogP contribution in [0.3, 0.4) is 0 Å². The number of carbonyl (C=O) groups is 1. The number of halogens is 4. The third kappa shape index (κ3) is 6.88. The molecule has 0 bridgehead atoms. The van der Waals surface area contributed by atoms with Crippen LogP contribution in [-0.4, -0.2) is 51.5 Å². The molecule has 1 atom stereocenters. The lowest BCUT2D eigenvalue weighted by Gasteiger charge is -2.28. The Labute approximate surface area is 209 Å². The summed E-state index contributed by atoms with van der Waals surface area (Å²) in [6.07, 6.45) is -4.60. The molecule has 3 aromatic rings. The molecule has 0 aliphatic heterocycles. The van der Waals surface area contributed by atoms with Crippen LogP contribution in [0.2, 0.25) is 5.02 Å². The van der Waals surface area contributed by atoms with Crippen molar-refractivity contribution in [2.24, 2.45) is 0 Å². The van der Waals surface area contributed by atoms with E-state index in [0.717, 1.165) is 16.8 Å². The molecular weight excluding hydrogens is 503 g/mol. The van der Waals surface area contributed by atoms with Gasteiger partial charge in [0.1, 0.15) is 12.4 Å². The number of carboxylic acid groups (broad SMARTS) is 1. The van der Waals surface area contributed by atoms with Gasteiger partial charge in [0.15, 0.2) is 0 Å². The smallest absolute Gasteiger partial charge is 0.437 e. The van der Waals surface area contributed by atoms with E-state index in [2.05, 4.69) is 5.10 Å². The van der Waals surface area contributed by atoms with Crippen LogP contribution < -0.4 is 10.5 Å². The summed E-state index contributed by atoms with van der Waals surface area (Å²) >= 11 is 6.14. The fraction of sp³-hybridized carbons (Fsp3) is 0.375. The number of carboxylic acids is 1. The molecule has 0 radical (unpaired) electrons. The molecule has 194 valence electrons. The van der Waals surface area contributed by atoms with E-state index in [1.807, 2.05) is 18.7 Å². The van der Waals surface area contributed by atoms with Gasteiger partial charge in [0, 0.05) is 16.1 Å². The minimum Gasteiger partial charge on any atom is -0.492 e. The van der Waals surface area contributed by atoms with Crippen molar-refractivity contribution >= 4 is 17.6 Å². The van der Waals surface area contributed by atoms with Crippen molar-refractivity contribution in [2.75, 3.05) is 19.7 Å². The highest BCUT2D eigenvalue weighted by Gasteiger charge is 2.30. The molecular formula is C24H25ClF3N3O5. The first-order valence-electron chi connectivity index (χ1n) is 11.1. The lowest BCUT2D eigenvalue weighted by molar-refractivity contribution is -0.139. The van der Waals surface area contributed by atoms with Crippen LogP contribution in [-0.2, 0) is 17.5 Å². The summed E-state index contributed by atoms with van der Waals surface area (Å²) in [6, 6.07) is 8.51. The van der Waals surface area contributed by atoms with E-state index < -0.39 is 23.5 Å². The van der Waals surface area contributed by atoms with E-state index >= 15 is 0 Å². The zero-order valence-electron chi connectivity index (χ0n) is 19.6. The van der Waals surface area contributed by atoms with Crippen molar-refractivity contribution in [1.82, 2.24) is 14.7 Å². The SMILES string of the molecule is CCN(CC)C(COc1ccc(Cl)cc1Cn1nc(-c2ccc(C(F)(F)F)cc2)oc1=O)CC(=O)O. The van der Waals surface area contributed by atoms with Crippen molar-refractivity contribution in [3.05, 3.63) is 69.2 Å². The Hall–Kier alpha value is -3.31. The topological polar surface area (TPSA) is 97.8 Å². The zero-order chi connectivity index (χ0) is 26.5. The van der Waals surface area contributed by atoms with Crippen LogP contribution in [0, 0.1) is 0 Å². The molecule has 12 heteroatoms. The summed E-state index contributed by atoms with van der Waals surface area (Å²) in [4.78, 5) is 25.7. The fourth-order valence-electron chi connectivity index (χ4n) is 3.72. The number of hydrogen-bond acceptors (Lipinski definition) is 6. The summed E-state index contributed by atoms with van der Waals surface area (Å²) < 4.78 is 50.5. The minimum atomic E-state index is -4.49. The van der Waals surface area contributed by atoms with E-state index in [1.54, 1.807) is 18.2 Å². The lowest BCUT2D eigenvalue weighted by Crippen LogP contribution is -2.41. The second kappa shape index (κ2) is 11.6. The molecule has 3 rings (SSSR count). The first-order chi connectivity index (χ1) is 17.0. The molecule has 1 aromatic heterocycles. The Bertz CT molecular complexity index is 1240. The van der Waals surface area contributed by atoms with Gasteiger partial charge in [-0.3, -0.25) is 9.69 Å². The van der Waals surface area contributed by atoms with Crippen LogP contribution in [0.4, 0.5) is 13.2 Å². The Balaban J connectivity index is 1.82. The molecule has 0 fully saturated rings. The molecule has 36 heavy (non-hydrogen) atoms. The number of benzene rings is 2. The fourth-order valence-corrected chi connectivity index (χ4v) is 3.91. The maximum absolute atomic E-state index is 12.8. The third-order valence-electron chi connectivity index (χ3n) is 5.58. The normalized spacial score (nSPS) is 12.6. The van der Waals surface area contributed by atoms with Crippen molar-refractivity contribution in [1.29, 1.82) is 0 Å². The number of ether oxygens (including phenoxy) is 1. The molecule has 0 aliphatic rings. The van der Waals surface area contributed by atoms with Crippen LogP contribution in [0.15, 0.2) is 51.7 Å². The van der Waals surface area contributed by atoms with Gasteiger partial charge in [-0.2, -0.15) is 17.9 Å². The molecule has 8 nitrogen and oxygen atoms in total. The van der Waals surface area contributed by atoms with E-state index in [-0.39, 0.29) is 37.1 Å². The number of likely N-dealkylation sites (N-methyl/N-ethyl adjacent to an activating group) is 1. The minimum absolute atomic E-state index is 0.0896. The van der Waals surface area contributed by atoms with Gasteiger partial charge in [-0.05, 0) is 55.6 Å². The molecule has 0 amide bonds. The number of alkyl halides is 3. The average molecular weight is 528 g/mol. The van der Waals surface area contributed by atoms with Crippen LogP contribution in [0.1, 0.15) is 31.4 Å². The molecule has 1 unspecified atom stereocenters. The third-order valence-corrected chi connectivity index (χ3v) is 5.81. The predicted molar refractivity (Wildman–Crippen MR) is 126 cm³/mol. The van der Waals surface area contributed by atoms with E-state index in [1.165, 1.54) is 12.1 Å². The van der Waals surface area contributed by atoms with Gasteiger partial charge < -0.3 is 14.3 Å². The quantitative estimate of drug-likeness (QED) is 0.383. The van der Waals surface area contributed by atoms with Crippen molar-refractivity contribution in [3.8, 4) is 17.2 Å². The maximum atomic E-state index is 12.8. The summed E-state index contributed by atoms with van der Waals surface area (Å²) in [5, 5.41) is 13.8. The van der Waals surface area contributed by atoms with Gasteiger partial charge in [0.25, 0.3) is 0 Å². The monoisotopic (exact) mass is 527 g/mol. The molecule has 1 N–H and O–H groups in total. The van der Waals surface area contributed by atoms with Gasteiger partial charge in [-0.25, -0.2) is 4.79 Å². The largest absolute Gasteiger partial charge is 0.492 e. The van der Waals surface area contributed by atoms with Crippen LogP contribution in [0.5, 0.6) is 5.75 Å². The summed E-state index contributed by atoms with van der Waals surface area (Å²) in [7, 11) is 0. The standard InChI is InChI=1S/C24H25ClF3N3O5/c1-3-30(4-2)19(12-21(32)33)14-35-20-10-9-18(25)11-16(20)13-31-23(34)36-22(29-31)15-5-7-17(8-6-15)24(26,27)28/h5-11,19H,3-4,12-14H2,1-2H3,(H,32,33). The first kappa shape index (κ1) is 27.3. The number of nitrogens with zero attached hydrogens (tertiary/aromatic N) is 3. The highest BCUT2D eigenvalue weighted by atomic mass is 35.5. The van der Waals surface area contributed by atoms with Gasteiger partial charge >= 0.3 is 17.9 Å². The van der Waals surface area contributed by atoms with Gasteiger partial charge in [-0.15, -0.1) is 5.10 Å².